The van der Waals surface area contributed by atoms with Crippen molar-refractivity contribution >= 4 is 41.1 Å². The predicted octanol–water partition coefficient (Wildman–Crippen LogP) is 8.42. The van der Waals surface area contributed by atoms with Crippen LogP contribution in [-0.4, -0.2) is 74.9 Å². The van der Waals surface area contributed by atoms with Gasteiger partial charge in [-0.25, -0.2) is 9.65 Å². The second kappa shape index (κ2) is 17.3. The van der Waals surface area contributed by atoms with Crippen molar-refractivity contribution in [2.24, 2.45) is 5.92 Å². The summed E-state index contributed by atoms with van der Waals surface area (Å²) in [5, 5.41) is 2.85. The number of aryl methyl sites for hydroxylation is 1. The summed E-state index contributed by atoms with van der Waals surface area (Å²) >= 11 is 6.41. The summed E-state index contributed by atoms with van der Waals surface area (Å²) in [5.74, 6) is -0.265. The highest BCUT2D eigenvalue weighted by atomic mass is 35.7. The summed E-state index contributed by atoms with van der Waals surface area (Å²) in [7, 11) is 3.22. The first-order valence-electron chi connectivity index (χ1n) is 18.9. The lowest BCUT2D eigenvalue weighted by molar-refractivity contribution is -0.145. The van der Waals surface area contributed by atoms with E-state index in [1.807, 2.05) is 90.4 Å². The van der Waals surface area contributed by atoms with Gasteiger partial charge in [0.2, 0.25) is 17.7 Å². The fraction of sp³-hybridized carbons (Fsp3) is 0.302. The zero-order valence-electron chi connectivity index (χ0n) is 32.7. The number of hydrogen-bond donors (Lipinski definition) is 1. The molecule has 0 aliphatic carbocycles. The van der Waals surface area contributed by atoms with Crippen LogP contribution in [0.3, 0.4) is 0 Å². The quantitative estimate of drug-likeness (QED) is 0.0848. The first-order valence-corrected chi connectivity index (χ1v) is 21.4. The molecule has 7 rings (SSSR count). The van der Waals surface area contributed by atoms with Crippen molar-refractivity contribution in [1.29, 1.82) is 0 Å². The number of nitrogens with one attached hydrogen (secondary N) is 1. The lowest BCUT2D eigenvalue weighted by Crippen LogP contribution is -2.57. The van der Waals surface area contributed by atoms with Crippen molar-refractivity contribution in [2.45, 2.75) is 45.2 Å². The number of hydrogen-bond acceptors (Lipinski definition) is 9. The van der Waals surface area contributed by atoms with E-state index in [-0.39, 0.29) is 36.9 Å². The molecule has 1 aliphatic heterocycles. The Morgan fingerprint density at radius 1 is 0.912 bits per heavy atom. The van der Waals surface area contributed by atoms with E-state index in [0.717, 1.165) is 27.8 Å². The Morgan fingerprint density at radius 2 is 1.49 bits per heavy atom. The summed E-state index contributed by atoms with van der Waals surface area (Å²) in [4.78, 5) is 29.5. The molecule has 1 N–H and O–H groups in total. The number of carbonyl (C=O) groups is 1. The summed E-state index contributed by atoms with van der Waals surface area (Å²) in [5.41, 5.74) is 5.19. The second-order valence-electron chi connectivity index (χ2n) is 14.6. The molecule has 0 radical (unpaired) electrons. The average Bonchev–Trinajstić information content (AvgIpc) is 3.65. The summed E-state index contributed by atoms with van der Waals surface area (Å²) in [6, 6.07) is 39.1. The molecule has 57 heavy (non-hydrogen) atoms. The van der Waals surface area contributed by atoms with Gasteiger partial charge in [-0.15, -0.1) is 0 Å². The van der Waals surface area contributed by atoms with Crippen molar-refractivity contribution in [1.82, 2.24) is 29.1 Å². The van der Waals surface area contributed by atoms with Crippen molar-refractivity contribution in [3.63, 3.8) is 0 Å². The maximum atomic E-state index is 13.3. The smallest absolute Gasteiger partial charge is 0.362 e. The monoisotopic (exact) mass is 807 g/mol. The van der Waals surface area contributed by atoms with E-state index >= 15 is 0 Å². The summed E-state index contributed by atoms with van der Waals surface area (Å²) in [6.07, 6.45) is 0.318. The van der Waals surface area contributed by atoms with Crippen LogP contribution < -0.4 is 10.1 Å². The molecule has 0 bridgehead atoms. The minimum Gasteiger partial charge on any atom is -0.471 e. The van der Waals surface area contributed by atoms with Gasteiger partial charge in [0.1, 0.15) is 12.8 Å². The number of nitrogens with zero attached hydrogens (tertiary/aromatic N) is 6. The number of aromatic nitrogens is 4. The topological polar surface area (TPSA) is 124 Å². The SMILES string of the molecule is Cc1ccc(COc2nc(NC(=O)C(C)C)nc3c2ncn3[C@H]2CN(C(c3ccccc3)(c3ccccc3)c3ccccc3)C[C@@H](CO[P@](=O)(Cl)N(C)C)O2)cc1. The van der Waals surface area contributed by atoms with Crippen LogP contribution in [0.4, 0.5) is 5.95 Å². The van der Waals surface area contributed by atoms with Gasteiger partial charge in [0.05, 0.1) is 24.6 Å². The Bertz CT molecular complexity index is 2230. The standard InChI is InChI=1S/C43H47ClN7O5P/c1-30(2)40(52)47-42-46-39-38(41(48-42)54-27-32-23-21-31(3)22-24-32)45-29-51(39)37-26-50(25-36(56-37)28-55-57(44,53)49(4)5)43(33-15-9-6-10-16-33,34-17-11-7-12-18-34)35-19-13-8-14-20-35/h6-24,29-30,36-37H,25-28H2,1-5H3,(H,46,47,48,52)/t36-,37+,57+/m0/s1. The Morgan fingerprint density at radius 3 is 2.04 bits per heavy atom. The molecule has 3 atom stereocenters. The molecule has 0 saturated carbocycles. The first kappa shape index (κ1) is 40.3. The van der Waals surface area contributed by atoms with Crippen LogP contribution in [0.15, 0.2) is 122 Å². The van der Waals surface area contributed by atoms with Crippen molar-refractivity contribution in [2.75, 3.05) is 39.1 Å². The molecular formula is C43H47ClN7O5P. The van der Waals surface area contributed by atoms with Crippen LogP contribution in [0.1, 0.15) is 47.9 Å². The fourth-order valence-electron chi connectivity index (χ4n) is 7.06. The molecule has 1 saturated heterocycles. The molecule has 3 heterocycles. The number of morpholine rings is 1. The lowest BCUT2D eigenvalue weighted by Gasteiger charge is -2.50. The number of imidazole rings is 1. The minimum absolute atomic E-state index is 0.0668. The third-order valence-electron chi connectivity index (χ3n) is 10.1. The largest absolute Gasteiger partial charge is 0.471 e. The van der Waals surface area contributed by atoms with Gasteiger partial charge in [-0.3, -0.25) is 24.1 Å². The second-order valence-corrected chi connectivity index (χ2v) is 17.9. The number of anilines is 1. The maximum Gasteiger partial charge on any atom is 0.362 e. The molecule has 6 aromatic rings. The normalized spacial score (nSPS) is 17.5. The van der Waals surface area contributed by atoms with Gasteiger partial charge >= 0.3 is 6.87 Å². The number of halogens is 1. The minimum atomic E-state index is -3.65. The van der Waals surface area contributed by atoms with Gasteiger partial charge in [0, 0.05) is 19.0 Å². The van der Waals surface area contributed by atoms with Crippen LogP contribution in [-0.2, 0) is 30.8 Å². The number of amides is 1. The highest BCUT2D eigenvalue weighted by Gasteiger charge is 2.47. The van der Waals surface area contributed by atoms with Crippen LogP contribution in [0.2, 0.25) is 0 Å². The van der Waals surface area contributed by atoms with E-state index < -0.39 is 24.7 Å². The molecule has 296 valence electrons. The molecule has 0 unspecified atom stereocenters. The predicted molar refractivity (Wildman–Crippen MR) is 222 cm³/mol. The fourth-order valence-corrected chi connectivity index (χ4v) is 7.81. The van der Waals surface area contributed by atoms with Crippen LogP contribution in [0.25, 0.3) is 11.2 Å². The molecule has 2 aromatic heterocycles. The molecule has 1 amide bonds. The van der Waals surface area contributed by atoms with Gasteiger partial charge in [-0.1, -0.05) is 135 Å². The van der Waals surface area contributed by atoms with E-state index in [2.05, 4.69) is 51.6 Å². The first-order chi connectivity index (χ1) is 27.5. The van der Waals surface area contributed by atoms with Crippen molar-refractivity contribution in [3.05, 3.63) is 149 Å². The van der Waals surface area contributed by atoms with E-state index in [1.165, 1.54) is 4.67 Å². The number of fused-ring (bicyclic) bond motifs is 1. The summed E-state index contributed by atoms with van der Waals surface area (Å²) in [6.45, 7) is 2.87. The van der Waals surface area contributed by atoms with E-state index in [4.69, 9.17) is 35.2 Å². The van der Waals surface area contributed by atoms with E-state index in [0.29, 0.717) is 24.3 Å². The molecule has 12 nitrogen and oxygen atoms in total. The highest BCUT2D eigenvalue weighted by Crippen LogP contribution is 2.54. The van der Waals surface area contributed by atoms with Gasteiger partial charge in [-0.05, 0) is 54.5 Å². The van der Waals surface area contributed by atoms with E-state index in [9.17, 15) is 9.36 Å². The van der Waals surface area contributed by atoms with E-state index in [1.54, 1.807) is 34.3 Å². The molecule has 4 aromatic carbocycles. The van der Waals surface area contributed by atoms with Gasteiger partial charge in [0.25, 0.3) is 0 Å². The highest BCUT2D eigenvalue weighted by molar-refractivity contribution is 7.83. The van der Waals surface area contributed by atoms with Crippen molar-refractivity contribution < 1.29 is 23.4 Å². The van der Waals surface area contributed by atoms with Gasteiger partial charge in [-0.2, -0.15) is 9.97 Å². The average molecular weight is 808 g/mol. The number of rotatable bonds is 14. The van der Waals surface area contributed by atoms with Crippen LogP contribution in [0, 0.1) is 12.8 Å². The van der Waals surface area contributed by atoms with Gasteiger partial charge in [0.15, 0.2) is 11.2 Å². The third-order valence-corrected chi connectivity index (χ3v) is 12.7. The third kappa shape index (κ3) is 8.67. The number of ether oxygens (including phenoxy) is 2. The maximum absolute atomic E-state index is 13.3. The molecule has 0 spiro atoms. The van der Waals surface area contributed by atoms with Crippen LogP contribution in [0.5, 0.6) is 5.88 Å². The molecule has 1 aliphatic rings. The Kier molecular flexibility index (Phi) is 12.2. The molecule has 14 heteroatoms. The van der Waals surface area contributed by atoms with Crippen molar-refractivity contribution in [3.8, 4) is 5.88 Å². The Labute approximate surface area is 338 Å². The number of carbonyl (C=O) groups excluding carboxylic acids is 1. The Hall–Kier alpha value is -4.94. The molecular weight excluding hydrogens is 761 g/mol. The Balaban J connectivity index is 1.37. The lowest BCUT2D eigenvalue weighted by atomic mass is 9.75. The summed E-state index contributed by atoms with van der Waals surface area (Å²) < 4.78 is 35.6. The van der Waals surface area contributed by atoms with Gasteiger partial charge < -0.3 is 14.0 Å². The number of benzene rings is 4. The zero-order chi connectivity index (χ0) is 40.2. The molecule has 1 fully saturated rings. The zero-order valence-corrected chi connectivity index (χ0v) is 34.3. The van der Waals surface area contributed by atoms with Crippen LogP contribution >= 0.6 is 18.1 Å².